The van der Waals surface area contributed by atoms with Crippen molar-refractivity contribution in [1.82, 2.24) is 4.72 Å². The first-order valence-electron chi connectivity index (χ1n) is 6.34. The highest BCUT2D eigenvalue weighted by Gasteiger charge is 2.31. The molecule has 0 radical (unpaired) electrons. The van der Waals surface area contributed by atoms with Crippen LogP contribution in [0.3, 0.4) is 0 Å². The van der Waals surface area contributed by atoms with Crippen LogP contribution in [0.25, 0.3) is 0 Å². The third kappa shape index (κ3) is 6.04. The fourth-order valence-electron chi connectivity index (χ4n) is 1.56. The highest BCUT2D eigenvalue weighted by Crippen LogP contribution is 2.28. The third-order valence-electron chi connectivity index (χ3n) is 2.69. The number of halogens is 2. The second kappa shape index (κ2) is 7.70. The first-order valence-corrected chi connectivity index (χ1v) is 8.25. The fraction of sp³-hybridized carbons (Fsp3) is 0.500. The smallest absolute Gasteiger partial charge is 0.307 e. The predicted molar refractivity (Wildman–Crippen MR) is 86.9 cm³/mol. The van der Waals surface area contributed by atoms with Gasteiger partial charge in [0.1, 0.15) is 4.75 Å². The molecule has 0 heterocycles. The molecule has 0 bridgehead atoms. The van der Waals surface area contributed by atoms with Crippen molar-refractivity contribution >= 4 is 40.5 Å². The minimum absolute atomic E-state index is 0.0367. The van der Waals surface area contributed by atoms with Crippen LogP contribution in [-0.4, -0.2) is 22.4 Å². The molecule has 4 nitrogen and oxygen atoms in total. The van der Waals surface area contributed by atoms with Gasteiger partial charge >= 0.3 is 5.97 Å². The standard InChI is InChI=1S/C14H19Cl2NO3S/c1-14(2,3)21(19)17-12(8-13(18)20-4)9-5-10(15)7-11(16)6-9/h5-7,12,17H,8H2,1-4H3. The molecule has 1 rings (SSSR count). The van der Waals surface area contributed by atoms with E-state index in [9.17, 15) is 9.35 Å². The van der Waals surface area contributed by atoms with E-state index < -0.39 is 28.1 Å². The van der Waals surface area contributed by atoms with Gasteiger partial charge in [-0.05, 0) is 44.5 Å². The zero-order valence-electron chi connectivity index (χ0n) is 12.4. The van der Waals surface area contributed by atoms with Crippen LogP contribution in [-0.2, 0) is 20.9 Å². The van der Waals surface area contributed by atoms with Gasteiger partial charge in [0.2, 0.25) is 0 Å². The van der Waals surface area contributed by atoms with Gasteiger partial charge in [-0.2, -0.15) is 0 Å². The van der Waals surface area contributed by atoms with Gasteiger partial charge in [0.15, 0.2) is 0 Å². The lowest BCUT2D eigenvalue weighted by atomic mass is 10.1. The van der Waals surface area contributed by atoms with Crippen molar-refractivity contribution in [2.24, 2.45) is 0 Å². The van der Waals surface area contributed by atoms with Gasteiger partial charge in [-0.1, -0.05) is 23.2 Å². The van der Waals surface area contributed by atoms with Crippen molar-refractivity contribution in [3.8, 4) is 0 Å². The molecule has 0 amide bonds. The number of ether oxygens (including phenoxy) is 1. The average Bonchev–Trinajstić information content (AvgIpc) is 2.35. The Morgan fingerprint density at radius 3 is 2.29 bits per heavy atom. The van der Waals surface area contributed by atoms with E-state index in [1.54, 1.807) is 18.2 Å². The normalized spacial score (nSPS) is 14.6. The highest BCUT2D eigenvalue weighted by atomic mass is 35.5. The van der Waals surface area contributed by atoms with Crippen LogP contribution in [0.15, 0.2) is 18.2 Å². The number of methoxy groups -OCH3 is 1. The summed E-state index contributed by atoms with van der Waals surface area (Å²) in [6.45, 7) is 5.53. The molecule has 0 spiro atoms. The first kappa shape index (κ1) is 18.6. The highest BCUT2D eigenvalue weighted by molar-refractivity contribution is 7.90. The van der Waals surface area contributed by atoms with Crippen LogP contribution in [0, 0.1) is 0 Å². The molecule has 0 aliphatic heterocycles. The summed E-state index contributed by atoms with van der Waals surface area (Å²) in [5.41, 5.74) is 0.690. The van der Waals surface area contributed by atoms with Crippen LogP contribution >= 0.6 is 23.2 Å². The van der Waals surface area contributed by atoms with E-state index in [0.717, 1.165) is 0 Å². The molecule has 0 aliphatic carbocycles. The van der Waals surface area contributed by atoms with Crippen molar-refractivity contribution in [3.63, 3.8) is 0 Å². The van der Waals surface area contributed by atoms with Gasteiger partial charge in [-0.15, -0.1) is 4.72 Å². The van der Waals surface area contributed by atoms with E-state index in [1.165, 1.54) is 7.11 Å². The zero-order chi connectivity index (χ0) is 16.2. The molecule has 0 fully saturated rings. The molecule has 21 heavy (non-hydrogen) atoms. The SMILES string of the molecule is COC(=O)CC(N[S+]([O-])C(C)(C)C)c1cc(Cl)cc(Cl)c1. The van der Waals surface area contributed by atoms with Crippen LogP contribution in [0.2, 0.25) is 10.0 Å². The van der Waals surface area contributed by atoms with E-state index in [1.807, 2.05) is 20.8 Å². The number of hydrogen-bond acceptors (Lipinski definition) is 4. The van der Waals surface area contributed by atoms with Gasteiger partial charge < -0.3 is 9.29 Å². The van der Waals surface area contributed by atoms with Crippen molar-refractivity contribution in [2.75, 3.05) is 7.11 Å². The van der Waals surface area contributed by atoms with Gasteiger partial charge in [-0.25, -0.2) is 0 Å². The second-order valence-corrected chi connectivity index (χ2v) is 8.41. The van der Waals surface area contributed by atoms with Crippen molar-refractivity contribution in [3.05, 3.63) is 33.8 Å². The van der Waals surface area contributed by atoms with Crippen LogP contribution in [0.1, 0.15) is 38.8 Å². The Morgan fingerprint density at radius 2 is 1.86 bits per heavy atom. The Balaban J connectivity index is 3.04. The number of hydrogen-bond donors (Lipinski definition) is 1. The number of carbonyl (C=O) groups is 1. The van der Waals surface area contributed by atoms with Crippen molar-refractivity contribution in [2.45, 2.75) is 38.0 Å². The summed E-state index contributed by atoms with van der Waals surface area (Å²) in [5.74, 6) is -0.408. The van der Waals surface area contributed by atoms with E-state index in [-0.39, 0.29) is 6.42 Å². The number of nitrogens with one attached hydrogen (secondary N) is 1. The summed E-state index contributed by atoms with van der Waals surface area (Å²) in [6.07, 6.45) is 0.0367. The minimum atomic E-state index is -1.34. The summed E-state index contributed by atoms with van der Waals surface area (Å²) >= 11 is 10.6. The zero-order valence-corrected chi connectivity index (χ0v) is 14.7. The molecule has 1 aromatic rings. The largest absolute Gasteiger partial charge is 0.598 e. The molecule has 7 heteroatoms. The first-order chi connectivity index (χ1) is 9.63. The van der Waals surface area contributed by atoms with Gasteiger partial charge in [0.05, 0.1) is 19.6 Å². The van der Waals surface area contributed by atoms with Crippen molar-refractivity contribution in [1.29, 1.82) is 0 Å². The van der Waals surface area contributed by atoms with Gasteiger partial charge in [-0.3, -0.25) is 4.79 Å². The predicted octanol–water partition coefficient (Wildman–Crippen LogP) is 3.65. The monoisotopic (exact) mass is 351 g/mol. The topological polar surface area (TPSA) is 61.4 Å². The number of esters is 1. The van der Waals surface area contributed by atoms with E-state index >= 15 is 0 Å². The number of carbonyl (C=O) groups excluding carboxylic acids is 1. The lowest BCUT2D eigenvalue weighted by Gasteiger charge is -2.28. The van der Waals surface area contributed by atoms with Crippen LogP contribution in [0.4, 0.5) is 0 Å². The van der Waals surface area contributed by atoms with Gasteiger partial charge in [0.25, 0.3) is 0 Å². The van der Waals surface area contributed by atoms with Crippen LogP contribution in [0.5, 0.6) is 0 Å². The molecule has 0 aliphatic rings. The Hall–Kier alpha value is -0.460. The molecular formula is C14H19Cl2NO3S. The molecule has 2 atom stereocenters. The lowest BCUT2D eigenvalue weighted by Crippen LogP contribution is -2.41. The molecule has 1 aromatic carbocycles. The lowest BCUT2D eigenvalue weighted by molar-refractivity contribution is -0.141. The maximum absolute atomic E-state index is 12.3. The van der Waals surface area contributed by atoms with E-state index in [4.69, 9.17) is 23.2 Å². The Bertz CT molecular complexity index is 485. The van der Waals surface area contributed by atoms with Crippen molar-refractivity contribution < 1.29 is 14.1 Å². The minimum Gasteiger partial charge on any atom is -0.598 e. The molecule has 118 valence electrons. The number of rotatable bonds is 5. The van der Waals surface area contributed by atoms with Crippen LogP contribution < -0.4 is 4.72 Å². The molecule has 0 aromatic heterocycles. The maximum Gasteiger partial charge on any atom is 0.307 e. The quantitative estimate of drug-likeness (QED) is 0.649. The second-order valence-electron chi connectivity index (χ2n) is 5.53. The summed E-state index contributed by atoms with van der Waals surface area (Å²) in [7, 11) is 1.31. The molecular weight excluding hydrogens is 333 g/mol. The maximum atomic E-state index is 12.3. The van der Waals surface area contributed by atoms with E-state index in [0.29, 0.717) is 15.6 Å². The summed E-state index contributed by atoms with van der Waals surface area (Å²) in [4.78, 5) is 11.6. The molecule has 0 saturated heterocycles. The summed E-state index contributed by atoms with van der Waals surface area (Å²) in [5, 5.41) is 0.909. The average molecular weight is 352 g/mol. The number of benzene rings is 1. The molecule has 1 N–H and O–H groups in total. The fourth-order valence-corrected chi connectivity index (χ4v) is 2.93. The summed E-state index contributed by atoms with van der Waals surface area (Å²) < 4.78 is 19.4. The summed E-state index contributed by atoms with van der Waals surface area (Å²) in [6, 6.07) is 4.48. The Labute approximate surface area is 138 Å². The molecule has 2 unspecified atom stereocenters. The Morgan fingerprint density at radius 1 is 1.33 bits per heavy atom. The Kier molecular flexibility index (Phi) is 6.81. The van der Waals surface area contributed by atoms with E-state index in [2.05, 4.69) is 9.46 Å². The molecule has 0 saturated carbocycles. The van der Waals surface area contributed by atoms with Gasteiger partial charge in [0, 0.05) is 21.4 Å². The third-order valence-corrected chi connectivity index (χ3v) is 4.74.